The van der Waals surface area contributed by atoms with Gasteiger partial charge in [-0.25, -0.2) is 9.18 Å². The second kappa shape index (κ2) is 12.8. The molecule has 33 heavy (non-hydrogen) atoms. The fourth-order valence-electron chi connectivity index (χ4n) is 2.79. The molecule has 3 N–H and O–H groups in total. The van der Waals surface area contributed by atoms with Crippen LogP contribution in [-0.4, -0.2) is 23.9 Å². The number of anilines is 1. The summed E-state index contributed by atoms with van der Waals surface area (Å²) >= 11 is 0. The summed E-state index contributed by atoms with van der Waals surface area (Å²) in [5.74, 6) is -1.77. The van der Waals surface area contributed by atoms with Gasteiger partial charge in [-0.1, -0.05) is 49.4 Å². The van der Waals surface area contributed by atoms with E-state index in [4.69, 9.17) is 4.74 Å². The number of rotatable bonds is 11. The Kier molecular flexibility index (Phi) is 9.82. The smallest absolute Gasteiger partial charge is 0.408 e. The lowest BCUT2D eigenvalue weighted by atomic mass is 10.1. The molecule has 0 saturated carbocycles. The number of carbonyl (C=O) groups is 3. The van der Waals surface area contributed by atoms with Crippen molar-refractivity contribution in [3.05, 3.63) is 90.8 Å². The van der Waals surface area contributed by atoms with Crippen molar-refractivity contribution < 1.29 is 23.5 Å². The third kappa shape index (κ3) is 8.25. The molecular formula is C25H28FN3O4. The van der Waals surface area contributed by atoms with Crippen LogP contribution in [0, 0.1) is 11.7 Å². The van der Waals surface area contributed by atoms with Gasteiger partial charge in [-0.2, -0.15) is 0 Å². The van der Waals surface area contributed by atoms with Crippen molar-refractivity contribution in [3.8, 4) is 0 Å². The van der Waals surface area contributed by atoms with Gasteiger partial charge in [0.15, 0.2) is 0 Å². The highest BCUT2D eigenvalue weighted by Gasteiger charge is 2.21. The molecular weight excluding hydrogens is 425 g/mol. The quantitative estimate of drug-likeness (QED) is 0.447. The van der Waals surface area contributed by atoms with Crippen LogP contribution in [0.2, 0.25) is 0 Å². The Bertz CT molecular complexity index is 994. The van der Waals surface area contributed by atoms with E-state index in [1.807, 2.05) is 30.3 Å². The van der Waals surface area contributed by atoms with Gasteiger partial charge in [-0.15, -0.1) is 13.2 Å². The highest BCUT2D eigenvalue weighted by molar-refractivity contribution is 5.94. The minimum Gasteiger partial charge on any atom is -0.445 e. The summed E-state index contributed by atoms with van der Waals surface area (Å²) in [6.07, 6.45) is 2.39. The molecule has 2 aromatic carbocycles. The minimum absolute atomic E-state index is 0.0601. The maximum Gasteiger partial charge on any atom is 0.408 e. The molecule has 2 rings (SSSR count). The van der Waals surface area contributed by atoms with E-state index in [1.165, 1.54) is 30.4 Å². The molecule has 7 nitrogen and oxygen atoms in total. The summed E-state index contributed by atoms with van der Waals surface area (Å²) in [7, 11) is 0. The second-order valence-electron chi connectivity index (χ2n) is 7.32. The lowest BCUT2D eigenvalue weighted by Gasteiger charge is -2.18. The van der Waals surface area contributed by atoms with Gasteiger partial charge in [0.1, 0.15) is 18.5 Å². The number of halogens is 1. The van der Waals surface area contributed by atoms with Gasteiger partial charge in [-0.3, -0.25) is 9.59 Å². The van der Waals surface area contributed by atoms with Crippen molar-refractivity contribution in [2.24, 2.45) is 5.92 Å². The molecule has 174 valence electrons. The van der Waals surface area contributed by atoms with Crippen LogP contribution in [0.15, 0.2) is 73.8 Å². The van der Waals surface area contributed by atoms with Crippen LogP contribution < -0.4 is 16.0 Å². The number of amides is 3. The van der Waals surface area contributed by atoms with Crippen molar-refractivity contribution >= 4 is 23.6 Å². The Morgan fingerprint density at radius 2 is 1.82 bits per heavy atom. The van der Waals surface area contributed by atoms with E-state index in [0.29, 0.717) is 11.3 Å². The molecule has 0 fully saturated rings. The summed E-state index contributed by atoms with van der Waals surface area (Å²) in [5, 5.41) is 7.85. The van der Waals surface area contributed by atoms with Crippen LogP contribution in [0.25, 0.3) is 0 Å². The fourth-order valence-corrected chi connectivity index (χ4v) is 2.79. The van der Waals surface area contributed by atoms with E-state index in [1.54, 1.807) is 6.92 Å². The van der Waals surface area contributed by atoms with Gasteiger partial charge < -0.3 is 20.7 Å². The number of benzene rings is 2. The fraction of sp³-hybridized carbons (Fsp3) is 0.240. The number of ether oxygens (including phenoxy) is 1. The molecule has 0 aliphatic rings. The molecule has 2 aromatic rings. The predicted octanol–water partition coefficient (Wildman–Crippen LogP) is 4.07. The zero-order chi connectivity index (χ0) is 24.2. The van der Waals surface area contributed by atoms with Crippen molar-refractivity contribution in [3.63, 3.8) is 0 Å². The Balaban J connectivity index is 1.99. The first kappa shape index (κ1) is 25.3. The first-order valence-corrected chi connectivity index (χ1v) is 10.4. The molecule has 0 aromatic heterocycles. The summed E-state index contributed by atoms with van der Waals surface area (Å²) in [6.45, 7) is 8.86. The maximum absolute atomic E-state index is 13.8. The topological polar surface area (TPSA) is 96.5 Å². The molecule has 0 saturated heterocycles. The van der Waals surface area contributed by atoms with Gasteiger partial charge in [0.05, 0.1) is 5.92 Å². The van der Waals surface area contributed by atoms with E-state index in [-0.39, 0.29) is 25.5 Å². The van der Waals surface area contributed by atoms with Crippen LogP contribution in [0.4, 0.5) is 14.9 Å². The van der Waals surface area contributed by atoms with E-state index < -0.39 is 29.8 Å². The highest BCUT2D eigenvalue weighted by Crippen LogP contribution is 2.18. The number of hydrogen-bond acceptors (Lipinski definition) is 4. The van der Waals surface area contributed by atoms with Crippen molar-refractivity contribution in [2.75, 3.05) is 5.32 Å². The summed E-state index contributed by atoms with van der Waals surface area (Å²) in [4.78, 5) is 37.0. The Morgan fingerprint density at radius 1 is 1.09 bits per heavy atom. The zero-order valence-corrected chi connectivity index (χ0v) is 18.5. The highest BCUT2D eigenvalue weighted by atomic mass is 19.1. The number of alkyl carbamates (subject to hydrolysis) is 1. The first-order valence-electron chi connectivity index (χ1n) is 10.4. The monoisotopic (exact) mass is 453 g/mol. The lowest BCUT2D eigenvalue weighted by molar-refractivity contribution is -0.123. The number of nitrogens with one attached hydrogen (secondary N) is 3. The molecule has 8 heteroatoms. The van der Waals surface area contributed by atoms with Crippen LogP contribution in [-0.2, 0) is 27.5 Å². The van der Waals surface area contributed by atoms with Crippen molar-refractivity contribution in [1.29, 1.82) is 0 Å². The SMILES string of the molecule is C=CCC(NC(=O)OCc1ccccc1)C(=O)NCc1cc(F)ccc1NC(=O)C(C)C=C. The molecule has 0 spiro atoms. The van der Waals surface area contributed by atoms with Gasteiger partial charge >= 0.3 is 6.09 Å². The second-order valence-corrected chi connectivity index (χ2v) is 7.32. The lowest BCUT2D eigenvalue weighted by Crippen LogP contribution is -2.46. The number of carbonyl (C=O) groups excluding carboxylic acids is 3. The first-order chi connectivity index (χ1) is 15.8. The normalized spacial score (nSPS) is 12.1. The van der Waals surface area contributed by atoms with E-state index in [0.717, 1.165) is 5.56 Å². The molecule has 3 amide bonds. The maximum atomic E-state index is 13.8. The standard InChI is InChI=1S/C25H28FN3O4/c1-4-9-22(29-25(32)33-16-18-10-7-6-8-11-18)24(31)27-15-19-14-20(26)12-13-21(19)28-23(30)17(3)5-2/h4-8,10-14,17,22H,1-2,9,15-16H2,3H3,(H,27,31)(H,28,30)(H,29,32). The largest absolute Gasteiger partial charge is 0.445 e. The van der Waals surface area contributed by atoms with Gasteiger partial charge in [-0.05, 0) is 35.7 Å². The Labute approximate surface area is 192 Å². The molecule has 0 heterocycles. The van der Waals surface area contributed by atoms with Crippen LogP contribution in [0.5, 0.6) is 0 Å². The number of hydrogen-bond donors (Lipinski definition) is 3. The van der Waals surface area contributed by atoms with Gasteiger partial charge in [0.25, 0.3) is 0 Å². The molecule has 2 unspecified atom stereocenters. The van der Waals surface area contributed by atoms with E-state index in [2.05, 4.69) is 29.1 Å². The van der Waals surface area contributed by atoms with Crippen LogP contribution >= 0.6 is 0 Å². The zero-order valence-electron chi connectivity index (χ0n) is 18.5. The van der Waals surface area contributed by atoms with Crippen molar-refractivity contribution in [2.45, 2.75) is 32.5 Å². The van der Waals surface area contributed by atoms with E-state index >= 15 is 0 Å². The van der Waals surface area contributed by atoms with Crippen LogP contribution in [0.1, 0.15) is 24.5 Å². The minimum atomic E-state index is -0.932. The third-order valence-electron chi connectivity index (χ3n) is 4.77. The van der Waals surface area contributed by atoms with Crippen LogP contribution in [0.3, 0.4) is 0 Å². The molecule has 0 aliphatic heterocycles. The van der Waals surface area contributed by atoms with Gasteiger partial charge in [0, 0.05) is 12.2 Å². The third-order valence-corrected chi connectivity index (χ3v) is 4.77. The molecule has 0 bridgehead atoms. The molecule has 0 radical (unpaired) electrons. The summed E-state index contributed by atoms with van der Waals surface area (Å²) < 4.78 is 18.9. The summed E-state index contributed by atoms with van der Waals surface area (Å²) in [5.41, 5.74) is 1.55. The Hall–Kier alpha value is -3.94. The summed E-state index contributed by atoms with van der Waals surface area (Å²) in [6, 6.07) is 12.0. The van der Waals surface area contributed by atoms with E-state index in [9.17, 15) is 18.8 Å². The molecule has 0 aliphatic carbocycles. The average Bonchev–Trinajstić information content (AvgIpc) is 2.82. The molecule has 2 atom stereocenters. The Morgan fingerprint density at radius 3 is 2.48 bits per heavy atom. The van der Waals surface area contributed by atoms with Gasteiger partial charge in [0.2, 0.25) is 11.8 Å². The average molecular weight is 454 g/mol. The predicted molar refractivity (Wildman–Crippen MR) is 125 cm³/mol. The van der Waals surface area contributed by atoms with Crippen molar-refractivity contribution in [1.82, 2.24) is 10.6 Å².